The van der Waals surface area contributed by atoms with Crippen molar-refractivity contribution in [2.75, 3.05) is 19.1 Å². The number of carbonyl (C=O) groups is 1. The first-order valence-corrected chi connectivity index (χ1v) is 10.2. The third kappa shape index (κ3) is 2.83. The van der Waals surface area contributed by atoms with Crippen molar-refractivity contribution in [1.29, 1.82) is 0 Å². The van der Waals surface area contributed by atoms with E-state index >= 15 is 0 Å². The molecule has 0 spiro atoms. The van der Waals surface area contributed by atoms with Gasteiger partial charge in [-0.15, -0.1) is 0 Å². The summed E-state index contributed by atoms with van der Waals surface area (Å²) in [6.07, 6.45) is 0.487. The number of rotatable bonds is 4. The van der Waals surface area contributed by atoms with Crippen molar-refractivity contribution >= 4 is 24.2 Å². The number of hydrogen-bond acceptors (Lipinski definition) is 5. The first-order chi connectivity index (χ1) is 14.0. The van der Waals surface area contributed by atoms with E-state index in [1.165, 1.54) is 0 Å². The van der Waals surface area contributed by atoms with Gasteiger partial charge in [0.25, 0.3) is 0 Å². The first kappa shape index (κ1) is 20.8. The summed E-state index contributed by atoms with van der Waals surface area (Å²) < 4.78 is 18.1. The van der Waals surface area contributed by atoms with Crippen LogP contribution in [0.15, 0.2) is 42.5 Å². The third-order valence-electron chi connectivity index (χ3n) is 6.98. The number of methoxy groups -OCH3 is 1. The second kappa shape index (κ2) is 6.75. The number of benzene rings is 2. The largest absolute Gasteiger partial charge is 0.496 e. The quantitative estimate of drug-likeness (QED) is 0.787. The highest BCUT2D eigenvalue weighted by Crippen LogP contribution is 2.46. The smallest absolute Gasteiger partial charge is 0.494 e. The SMILES string of the molecule is COc1cc(B2OC(C)(C)C(C)(C)O2)ccc1C1(C(N)=O)Cc2ccccc2N1C. The van der Waals surface area contributed by atoms with Gasteiger partial charge in [0.05, 0.1) is 18.3 Å². The molecule has 0 saturated carbocycles. The fourth-order valence-corrected chi connectivity index (χ4v) is 4.42. The number of fused-ring (bicyclic) bond motifs is 1. The number of anilines is 1. The molecule has 7 heteroatoms. The van der Waals surface area contributed by atoms with E-state index in [2.05, 4.69) is 0 Å². The summed E-state index contributed by atoms with van der Waals surface area (Å²) in [4.78, 5) is 14.8. The predicted octanol–water partition coefficient (Wildman–Crippen LogP) is 2.37. The molecule has 2 heterocycles. The van der Waals surface area contributed by atoms with Gasteiger partial charge in [-0.25, -0.2) is 0 Å². The topological polar surface area (TPSA) is 74.0 Å². The van der Waals surface area contributed by atoms with Crippen LogP contribution in [0.2, 0.25) is 0 Å². The van der Waals surface area contributed by atoms with E-state index in [1.54, 1.807) is 7.11 Å². The zero-order chi connectivity index (χ0) is 21.9. The van der Waals surface area contributed by atoms with Gasteiger partial charge in [-0.05, 0) is 50.9 Å². The second-order valence-electron chi connectivity index (χ2n) is 9.14. The lowest BCUT2D eigenvalue weighted by molar-refractivity contribution is -0.123. The molecule has 2 N–H and O–H groups in total. The standard InChI is InChI=1S/C23H29BN2O4/c1-21(2)22(3,4)30-24(29-21)16-11-12-17(19(13-16)28-6)23(20(25)27)14-15-9-7-8-10-18(15)26(23)5/h7-13H,14H2,1-6H3,(H2,25,27). The van der Waals surface area contributed by atoms with Crippen LogP contribution in [-0.4, -0.2) is 38.4 Å². The summed E-state index contributed by atoms with van der Waals surface area (Å²) in [5.41, 5.74) is 7.75. The van der Waals surface area contributed by atoms with Crippen LogP contribution in [0.3, 0.4) is 0 Å². The molecule has 1 fully saturated rings. The minimum atomic E-state index is -1.02. The maximum atomic E-state index is 12.9. The summed E-state index contributed by atoms with van der Waals surface area (Å²) in [6.45, 7) is 8.08. The van der Waals surface area contributed by atoms with Crippen molar-refractivity contribution < 1.29 is 18.8 Å². The molecular formula is C23H29BN2O4. The summed E-state index contributed by atoms with van der Waals surface area (Å²) in [5, 5.41) is 0. The van der Waals surface area contributed by atoms with Crippen molar-refractivity contribution in [3.8, 4) is 5.75 Å². The van der Waals surface area contributed by atoms with E-state index in [4.69, 9.17) is 19.8 Å². The molecule has 0 aliphatic carbocycles. The highest BCUT2D eigenvalue weighted by Gasteiger charge is 2.53. The molecule has 2 aliphatic rings. The van der Waals surface area contributed by atoms with Crippen LogP contribution in [-0.2, 0) is 26.1 Å². The van der Waals surface area contributed by atoms with Gasteiger partial charge in [0.2, 0.25) is 5.91 Å². The van der Waals surface area contributed by atoms with Crippen LogP contribution in [0, 0.1) is 0 Å². The normalized spacial score (nSPS) is 24.1. The molecule has 1 atom stereocenters. The summed E-state index contributed by atoms with van der Waals surface area (Å²) in [6, 6.07) is 13.7. The van der Waals surface area contributed by atoms with E-state index in [-0.39, 0.29) is 0 Å². The second-order valence-corrected chi connectivity index (χ2v) is 9.14. The van der Waals surface area contributed by atoms with Crippen LogP contribution < -0.4 is 20.8 Å². The minimum absolute atomic E-state index is 0.414. The van der Waals surface area contributed by atoms with Crippen molar-refractivity contribution in [3.63, 3.8) is 0 Å². The Labute approximate surface area is 178 Å². The molecule has 6 nitrogen and oxygen atoms in total. The lowest BCUT2D eigenvalue weighted by Gasteiger charge is -2.36. The Kier molecular flexibility index (Phi) is 4.67. The molecule has 4 rings (SSSR count). The van der Waals surface area contributed by atoms with Crippen molar-refractivity contribution in [2.45, 2.75) is 50.9 Å². The van der Waals surface area contributed by atoms with Crippen LogP contribution in [0.5, 0.6) is 5.75 Å². The van der Waals surface area contributed by atoms with Gasteiger partial charge >= 0.3 is 7.12 Å². The fraction of sp³-hybridized carbons (Fsp3) is 0.435. The molecular weight excluding hydrogens is 379 g/mol. The third-order valence-corrected chi connectivity index (χ3v) is 6.98. The van der Waals surface area contributed by atoms with E-state index in [9.17, 15) is 4.79 Å². The number of carbonyl (C=O) groups excluding carboxylic acids is 1. The molecule has 30 heavy (non-hydrogen) atoms. The minimum Gasteiger partial charge on any atom is -0.496 e. The van der Waals surface area contributed by atoms with Crippen LogP contribution in [0.25, 0.3) is 0 Å². The van der Waals surface area contributed by atoms with E-state index in [1.807, 2.05) is 82.1 Å². The molecule has 2 aliphatic heterocycles. The predicted molar refractivity (Wildman–Crippen MR) is 118 cm³/mol. The lowest BCUT2D eigenvalue weighted by Crippen LogP contribution is -2.52. The number of nitrogens with two attached hydrogens (primary N) is 1. The average Bonchev–Trinajstić information content (AvgIpc) is 3.11. The van der Waals surface area contributed by atoms with Crippen molar-refractivity contribution in [2.24, 2.45) is 5.73 Å². The van der Waals surface area contributed by atoms with Gasteiger partial charge < -0.3 is 24.7 Å². The first-order valence-electron chi connectivity index (χ1n) is 10.2. The molecule has 2 aromatic rings. The monoisotopic (exact) mass is 408 g/mol. The van der Waals surface area contributed by atoms with Crippen LogP contribution >= 0.6 is 0 Å². The zero-order valence-corrected chi connectivity index (χ0v) is 18.5. The molecule has 1 saturated heterocycles. The Morgan fingerprint density at radius 3 is 2.30 bits per heavy atom. The Hall–Kier alpha value is -2.51. The van der Waals surface area contributed by atoms with Gasteiger partial charge in [0.15, 0.2) is 5.54 Å². The van der Waals surface area contributed by atoms with E-state index in [0.717, 1.165) is 22.3 Å². The fourth-order valence-electron chi connectivity index (χ4n) is 4.42. The number of primary amides is 1. The van der Waals surface area contributed by atoms with Gasteiger partial charge in [-0.2, -0.15) is 0 Å². The maximum absolute atomic E-state index is 12.9. The number of amides is 1. The van der Waals surface area contributed by atoms with Crippen molar-refractivity contribution in [1.82, 2.24) is 0 Å². The Bertz CT molecular complexity index is 990. The number of para-hydroxylation sites is 1. The Morgan fingerprint density at radius 1 is 1.10 bits per heavy atom. The number of likely N-dealkylation sites (N-methyl/N-ethyl adjacent to an activating group) is 1. The van der Waals surface area contributed by atoms with Crippen molar-refractivity contribution in [3.05, 3.63) is 53.6 Å². The summed E-state index contributed by atoms with van der Waals surface area (Å²) in [7, 11) is 2.99. The lowest BCUT2D eigenvalue weighted by atomic mass is 9.76. The Balaban J connectivity index is 1.78. The summed E-state index contributed by atoms with van der Waals surface area (Å²) >= 11 is 0. The van der Waals surface area contributed by atoms with E-state index < -0.39 is 29.8 Å². The molecule has 158 valence electrons. The molecule has 0 radical (unpaired) electrons. The van der Waals surface area contributed by atoms with Gasteiger partial charge in [-0.1, -0.05) is 30.3 Å². The Morgan fingerprint density at radius 2 is 1.73 bits per heavy atom. The molecule has 2 aromatic carbocycles. The molecule has 1 amide bonds. The average molecular weight is 408 g/mol. The van der Waals surface area contributed by atoms with Gasteiger partial charge in [0, 0.05) is 24.7 Å². The van der Waals surface area contributed by atoms with Crippen LogP contribution in [0.4, 0.5) is 5.69 Å². The van der Waals surface area contributed by atoms with Gasteiger partial charge in [0.1, 0.15) is 5.75 Å². The number of nitrogens with zero attached hydrogens (tertiary/aromatic N) is 1. The van der Waals surface area contributed by atoms with Crippen LogP contribution in [0.1, 0.15) is 38.8 Å². The highest BCUT2D eigenvalue weighted by molar-refractivity contribution is 6.62. The summed E-state index contributed by atoms with van der Waals surface area (Å²) in [5.74, 6) is 0.170. The molecule has 0 aromatic heterocycles. The number of hydrogen-bond donors (Lipinski definition) is 1. The number of ether oxygens (including phenoxy) is 1. The zero-order valence-electron chi connectivity index (χ0n) is 18.5. The van der Waals surface area contributed by atoms with E-state index in [0.29, 0.717) is 12.2 Å². The molecule has 0 bridgehead atoms. The molecule has 1 unspecified atom stereocenters. The van der Waals surface area contributed by atoms with Gasteiger partial charge in [-0.3, -0.25) is 4.79 Å². The highest BCUT2D eigenvalue weighted by atomic mass is 16.7. The maximum Gasteiger partial charge on any atom is 0.494 e.